The summed E-state index contributed by atoms with van der Waals surface area (Å²) in [6.07, 6.45) is 2.44. The van der Waals surface area contributed by atoms with E-state index in [4.69, 9.17) is 5.84 Å². The third-order valence-corrected chi connectivity index (χ3v) is 3.51. The van der Waals surface area contributed by atoms with Gasteiger partial charge in [0.05, 0.1) is 5.39 Å². The first-order valence-electron chi connectivity index (χ1n) is 5.27. The number of hydrogen-bond donors (Lipinski definition) is 3. The first kappa shape index (κ1) is 9.80. The summed E-state index contributed by atoms with van der Waals surface area (Å²) in [4.78, 5) is 10.9. The first-order valence-corrected chi connectivity index (χ1v) is 6.09. The van der Waals surface area contributed by atoms with Gasteiger partial charge in [-0.15, -0.1) is 11.3 Å². The fourth-order valence-electron chi connectivity index (χ4n) is 1.64. The molecule has 2 heterocycles. The van der Waals surface area contributed by atoms with E-state index in [-0.39, 0.29) is 0 Å². The second kappa shape index (κ2) is 3.57. The first-order chi connectivity index (χ1) is 7.76. The van der Waals surface area contributed by atoms with E-state index in [2.05, 4.69) is 33.7 Å². The Hall–Kier alpha value is -1.40. The Balaban J connectivity index is 2.12. The molecule has 0 saturated heterocycles. The van der Waals surface area contributed by atoms with Crippen molar-refractivity contribution in [1.82, 2.24) is 9.97 Å². The zero-order valence-electron chi connectivity index (χ0n) is 8.95. The van der Waals surface area contributed by atoms with Crippen LogP contribution < -0.4 is 16.6 Å². The summed E-state index contributed by atoms with van der Waals surface area (Å²) < 4.78 is 0. The minimum atomic E-state index is 0.470. The highest BCUT2D eigenvalue weighted by Gasteiger charge is 2.23. The molecule has 0 bridgehead atoms. The van der Waals surface area contributed by atoms with Crippen molar-refractivity contribution in [3.63, 3.8) is 0 Å². The molecule has 1 aliphatic carbocycles. The Morgan fingerprint density at radius 3 is 2.94 bits per heavy atom. The number of hydrazine groups is 1. The number of anilines is 2. The fourth-order valence-corrected chi connectivity index (χ4v) is 2.52. The van der Waals surface area contributed by atoms with Crippen LogP contribution in [0.1, 0.15) is 17.7 Å². The SMILES string of the molecule is Cc1cc2c(NC3CC3)nc(NN)nc2s1. The van der Waals surface area contributed by atoms with Crippen molar-refractivity contribution in [2.24, 2.45) is 5.84 Å². The minimum Gasteiger partial charge on any atom is -0.367 e. The van der Waals surface area contributed by atoms with E-state index in [0.717, 1.165) is 16.0 Å². The van der Waals surface area contributed by atoms with Crippen molar-refractivity contribution in [2.75, 3.05) is 10.7 Å². The molecular weight excluding hydrogens is 222 g/mol. The molecule has 1 saturated carbocycles. The van der Waals surface area contributed by atoms with Crippen LogP contribution in [0.4, 0.5) is 11.8 Å². The standard InChI is InChI=1S/C10H13N5S/c1-5-4-7-8(12-6-2-3-6)13-10(15-11)14-9(7)16-5/h4,6H,2-3,11H2,1H3,(H2,12,13,14,15). The Labute approximate surface area is 97.1 Å². The lowest BCUT2D eigenvalue weighted by Gasteiger charge is -2.06. The minimum absolute atomic E-state index is 0.470. The molecule has 0 aromatic carbocycles. The molecule has 2 aromatic heterocycles. The molecule has 2 aromatic rings. The Kier molecular flexibility index (Phi) is 2.19. The highest BCUT2D eigenvalue weighted by molar-refractivity contribution is 7.18. The molecule has 84 valence electrons. The van der Waals surface area contributed by atoms with Crippen molar-refractivity contribution in [2.45, 2.75) is 25.8 Å². The fraction of sp³-hybridized carbons (Fsp3) is 0.400. The maximum atomic E-state index is 5.36. The van der Waals surface area contributed by atoms with Gasteiger partial charge in [-0.05, 0) is 25.8 Å². The molecule has 0 amide bonds. The van der Waals surface area contributed by atoms with Crippen molar-refractivity contribution in [3.8, 4) is 0 Å². The number of hydrogen-bond acceptors (Lipinski definition) is 6. The lowest BCUT2D eigenvalue weighted by molar-refractivity contribution is 1.09. The molecule has 0 aliphatic heterocycles. The van der Waals surface area contributed by atoms with Gasteiger partial charge >= 0.3 is 0 Å². The molecule has 0 unspecified atom stereocenters. The number of nitrogens with one attached hydrogen (secondary N) is 2. The highest BCUT2D eigenvalue weighted by atomic mass is 32.1. The van der Waals surface area contributed by atoms with E-state index < -0.39 is 0 Å². The average Bonchev–Trinajstić information content (AvgIpc) is 2.98. The number of aromatic nitrogens is 2. The van der Waals surface area contributed by atoms with Gasteiger partial charge in [-0.3, -0.25) is 5.43 Å². The van der Waals surface area contributed by atoms with Crippen molar-refractivity contribution < 1.29 is 0 Å². The summed E-state index contributed by atoms with van der Waals surface area (Å²) >= 11 is 1.66. The molecule has 3 rings (SSSR count). The number of nitrogens with two attached hydrogens (primary N) is 1. The Morgan fingerprint density at radius 1 is 1.44 bits per heavy atom. The van der Waals surface area contributed by atoms with Crippen LogP contribution in [0.3, 0.4) is 0 Å². The molecule has 6 heteroatoms. The third kappa shape index (κ3) is 1.70. The predicted octanol–water partition coefficient (Wildman–Crippen LogP) is 1.86. The van der Waals surface area contributed by atoms with Crippen LogP contribution in [0.5, 0.6) is 0 Å². The van der Waals surface area contributed by atoms with E-state index in [0.29, 0.717) is 12.0 Å². The predicted molar refractivity (Wildman–Crippen MR) is 66.6 cm³/mol. The highest BCUT2D eigenvalue weighted by Crippen LogP contribution is 2.32. The lowest BCUT2D eigenvalue weighted by atomic mass is 10.3. The molecule has 1 aliphatic rings. The lowest BCUT2D eigenvalue weighted by Crippen LogP contribution is -2.12. The topological polar surface area (TPSA) is 75.9 Å². The number of nitrogen functional groups attached to an aromatic ring is 1. The van der Waals surface area contributed by atoms with Crippen LogP contribution >= 0.6 is 11.3 Å². The summed E-state index contributed by atoms with van der Waals surface area (Å²) in [6.45, 7) is 2.07. The average molecular weight is 235 g/mol. The second-order valence-electron chi connectivity index (χ2n) is 4.03. The van der Waals surface area contributed by atoms with Crippen LogP contribution in [-0.4, -0.2) is 16.0 Å². The number of fused-ring (bicyclic) bond motifs is 1. The zero-order chi connectivity index (χ0) is 11.1. The quantitative estimate of drug-likeness (QED) is 0.559. The van der Waals surface area contributed by atoms with Gasteiger partial charge in [-0.2, -0.15) is 4.98 Å². The summed E-state index contributed by atoms with van der Waals surface area (Å²) in [5.41, 5.74) is 2.51. The number of nitrogens with zero attached hydrogens (tertiary/aromatic N) is 2. The van der Waals surface area contributed by atoms with Gasteiger partial charge in [0.25, 0.3) is 0 Å². The van der Waals surface area contributed by atoms with Gasteiger partial charge in [0.2, 0.25) is 5.95 Å². The second-order valence-corrected chi connectivity index (χ2v) is 5.27. The van der Waals surface area contributed by atoms with E-state index in [1.165, 1.54) is 17.7 Å². The molecule has 0 spiro atoms. The molecular formula is C10H13N5S. The molecule has 16 heavy (non-hydrogen) atoms. The number of aryl methyl sites for hydroxylation is 1. The Morgan fingerprint density at radius 2 is 2.25 bits per heavy atom. The molecule has 1 fully saturated rings. The van der Waals surface area contributed by atoms with Gasteiger partial charge in [0, 0.05) is 10.9 Å². The summed E-state index contributed by atoms with van der Waals surface area (Å²) in [7, 11) is 0. The van der Waals surface area contributed by atoms with E-state index in [1.807, 2.05) is 0 Å². The molecule has 0 atom stereocenters. The zero-order valence-corrected chi connectivity index (χ0v) is 9.77. The maximum absolute atomic E-state index is 5.36. The van der Waals surface area contributed by atoms with E-state index >= 15 is 0 Å². The van der Waals surface area contributed by atoms with Gasteiger partial charge in [0.15, 0.2) is 0 Å². The van der Waals surface area contributed by atoms with E-state index in [9.17, 15) is 0 Å². The molecule has 0 radical (unpaired) electrons. The third-order valence-electron chi connectivity index (χ3n) is 2.56. The van der Waals surface area contributed by atoms with Gasteiger partial charge in [0.1, 0.15) is 10.6 Å². The maximum Gasteiger partial charge on any atom is 0.240 e. The van der Waals surface area contributed by atoms with Crippen LogP contribution in [0.25, 0.3) is 10.2 Å². The normalized spacial score (nSPS) is 15.4. The largest absolute Gasteiger partial charge is 0.367 e. The van der Waals surface area contributed by atoms with Crippen molar-refractivity contribution in [1.29, 1.82) is 0 Å². The monoisotopic (exact) mass is 235 g/mol. The summed E-state index contributed by atoms with van der Waals surface area (Å²) in [5, 5.41) is 4.50. The summed E-state index contributed by atoms with van der Waals surface area (Å²) in [5.74, 6) is 6.73. The molecule has 5 nitrogen and oxygen atoms in total. The van der Waals surface area contributed by atoms with Gasteiger partial charge in [-0.25, -0.2) is 10.8 Å². The molecule has 4 N–H and O–H groups in total. The van der Waals surface area contributed by atoms with Gasteiger partial charge < -0.3 is 5.32 Å². The van der Waals surface area contributed by atoms with E-state index in [1.54, 1.807) is 11.3 Å². The van der Waals surface area contributed by atoms with Crippen LogP contribution in [0, 0.1) is 6.92 Å². The van der Waals surface area contributed by atoms with Crippen LogP contribution in [0.15, 0.2) is 6.07 Å². The smallest absolute Gasteiger partial charge is 0.240 e. The van der Waals surface area contributed by atoms with Gasteiger partial charge in [-0.1, -0.05) is 0 Å². The Bertz CT molecular complexity index is 531. The number of rotatable bonds is 3. The van der Waals surface area contributed by atoms with Crippen LogP contribution in [0.2, 0.25) is 0 Å². The van der Waals surface area contributed by atoms with Crippen LogP contribution in [-0.2, 0) is 0 Å². The number of thiophene rings is 1. The van der Waals surface area contributed by atoms with Crippen molar-refractivity contribution >= 4 is 33.3 Å². The van der Waals surface area contributed by atoms with Crippen molar-refractivity contribution in [3.05, 3.63) is 10.9 Å². The summed E-state index contributed by atoms with van der Waals surface area (Å²) in [6, 6.07) is 2.69.